The number of unbranched alkanes of at least 4 members (excludes halogenated alkanes) is 3. The van der Waals surface area contributed by atoms with Gasteiger partial charge in [-0.2, -0.15) is 0 Å². The van der Waals surface area contributed by atoms with Gasteiger partial charge in [0.25, 0.3) is 0 Å². The number of ether oxygens (including phenoxy) is 1. The lowest BCUT2D eigenvalue weighted by Crippen LogP contribution is -2.38. The van der Waals surface area contributed by atoms with Gasteiger partial charge in [-0.05, 0) is 24.7 Å². The summed E-state index contributed by atoms with van der Waals surface area (Å²) in [5.41, 5.74) is 0. The molecule has 0 saturated carbocycles. The summed E-state index contributed by atoms with van der Waals surface area (Å²) in [7, 11) is 0. The number of aliphatic carboxylic acids is 2. The largest absolute Gasteiger partial charge is 0.481 e. The van der Waals surface area contributed by atoms with E-state index in [0.717, 1.165) is 32.1 Å². The van der Waals surface area contributed by atoms with E-state index in [1.54, 1.807) is 0 Å². The normalized spacial score (nSPS) is 16.9. The second kappa shape index (κ2) is 19.8. The second-order valence-electron chi connectivity index (χ2n) is 10.6. The molecular formula is C27H49NO10. The van der Waals surface area contributed by atoms with E-state index in [1.165, 1.54) is 6.92 Å². The Morgan fingerprint density at radius 3 is 1.97 bits per heavy atom. The van der Waals surface area contributed by atoms with Gasteiger partial charge in [0.2, 0.25) is 5.91 Å². The maximum Gasteiger partial charge on any atom is 0.307 e. The predicted octanol–water partition coefficient (Wildman–Crippen LogP) is 2.49. The quantitative estimate of drug-likeness (QED) is 0.0867. The van der Waals surface area contributed by atoms with Crippen molar-refractivity contribution in [2.75, 3.05) is 6.54 Å². The summed E-state index contributed by atoms with van der Waals surface area (Å²) in [6, 6.07) is 0. The number of aliphatic hydroxyl groups is 3. The number of carboxylic acids is 2. The van der Waals surface area contributed by atoms with Crippen LogP contribution in [0.3, 0.4) is 0 Å². The van der Waals surface area contributed by atoms with Gasteiger partial charge >= 0.3 is 17.9 Å². The third-order valence-corrected chi connectivity index (χ3v) is 6.82. The van der Waals surface area contributed by atoms with Crippen molar-refractivity contribution in [3.63, 3.8) is 0 Å². The molecular weight excluding hydrogens is 498 g/mol. The van der Waals surface area contributed by atoms with Crippen LogP contribution in [-0.4, -0.2) is 80.3 Å². The number of carbonyl (C=O) groups is 4. The number of carbonyl (C=O) groups excluding carboxylic acids is 2. The maximum absolute atomic E-state index is 12.4. The summed E-state index contributed by atoms with van der Waals surface area (Å²) in [4.78, 5) is 45.5. The molecule has 0 saturated heterocycles. The van der Waals surface area contributed by atoms with Gasteiger partial charge in [0.1, 0.15) is 6.10 Å². The number of esters is 1. The molecule has 222 valence electrons. The average molecular weight is 548 g/mol. The Kier molecular flexibility index (Phi) is 18.6. The fraction of sp³-hybridized carbons (Fsp3) is 0.852. The highest BCUT2D eigenvalue weighted by Crippen LogP contribution is 2.24. The molecule has 38 heavy (non-hydrogen) atoms. The SMILES string of the molecule is CC[C@@H](C)[C@@H](O)[C@H](C[C@@H](C)CCCCCC[C@@H](O)C[C@H](O)CNC(C)=O)OC(=O)C[C@@H](CC(=O)O)C(=O)O. The summed E-state index contributed by atoms with van der Waals surface area (Å²) in [6.07, 6.45) is 1.79. The lowest BCUT2D eigenvalue weighted by atomic mass is 9.89. The van der Waals surface area contributed by atoms with Gasteiger partial charge < -0.3 is 35.6 Å². The molecule has 0 aromatic rings. The molecule has 0 spiro atoms. The lowest BCUT2D eigenvalue weighted by Gasteiger charge is -2.29. The average Bonchev–Trinajstić information content (AvgIpc) is 2.82. The van der Waals surface area contributed by atoms with Crippen LogP contribution in [-0.2, 0) is 23.9 Å². The fourth-order valence-electron chi connectivity index (χ4n) is 4.26. The number of rotatable bonds is 22. The molecule has 6 N–H and O–H groups in total. The summed E-state index contributed by atoms with van der Waals surface area (Å²) in [6.45, 7) is 7.23. The molecule has 0 fully saturated rings. The highest BCUT2D eigenvalue weighted by Gasteiger charge is 2.31. The molecule has 0 rings (SSSR count). The molecule has 0 radical (unpaired) electrons. The van der Waals surface area contributed by atoms with Crippen molar-refractivity contribution in [3.05, 3.63) is 0 Å². The van der Waals surface area contributed by atoms with Gasteiger partial charge in [-0.3, -0.25) is 19.2 Å². The van der Waals surface area contributed by atoms with Crippen LogP contribution in [0.4, 0.5) is 0 Å². The first-order valence-electron chi connectivity index (χ1n) is 13.7. The summed E-state index contributed by atoms with van der Waals surface area (Å²) in [5.74, 6) is -5.17. The van der Waals surface area contributed by atoms with Crippen molar-refractivity contribution in [2.24, 2.45) is 17.8 Å². The summed E-state index contributed by atoms with van der Waals surface area (Å²) < 4.78 is 5.48. The molecule has 0 bridgehead atoms. The van der Waals surface area contributed by atoms with E-state index in [4.69, 9.17) is 9.84 Å². The van der Waals surface area contributed by atoms with Gasteiger partial charge in [-0.1, -0.05) is 59.3 Å². The van der Waals surface area contributed by atoms with Crippen LogP contribution in [0.1, 0.15) is 98.3 Å². The molecule has 11 heteroatoms. The molecule has 0 aliphatic carbocycles. The van der Waals surface area contributed by atoms with Crippen LogP contribution in [0.25, 0.3) is 0 Å². The van der Waals surface area contributed by atoms with Crippen LogP contribution in [0.2, 0.25) is 0 Å². The highest BCUT2D eigenvalue weighted by atomic mass is 16.6. The van der Waals surface area contributed by atoms with Crippen molar-refractivity contribution in [2.45, 2.75) is 123 Å². The van der Waals surface area contributed by atoms with Crippen molar-refractivity contribution >= 4 is 23.8 Å². The first-order valence-corrected chi connectivity index (χ1v) is 13.7. The zero-order chi connectivity index (χ0) is 29.3. The molecule has 0 unspecified atom stereocenters. The predicted molar refractivity (Wildman–Crippen MR) is 140 cm³/mol. The van der Waals surface area contributed by atoms with Gasteiger partial charge in [-0.25, -0.2) is 0 Å². The van der Waals surface area contributed by atoms with Crippen molar-refractivity contribution in [3.8, 4) is 0 Å². The van der Waals surface area contributed by atoms with Gasteiger partial charge in [0.15, 0.2) is 0 Å². The number of amides is 1. The molecule has 0 heterocycles. The Labute approximate surface area is 226 Å². The van der Waals surface area contributed by atoms with Gasteiger partial charge in [0, 0.05) is 19.9 Å². The number of hydrogen-bond acceptors (Lipinski definition) is 8. The van der Waals surface area contributed by atoms with Crippen LogP contribution >= 0.6 is 0 Å². The standard InChI is InChI=1S/C27H49NO10/c1-5-18(3)26(35)23(38-25(34)14-20(27(36)37)13-24(32)33)12-17(2)10-8-6-7-9-11-21(30)15-22(31)16-28-19(4)29/h17-18,20-23,26,30-31,35H,5-16H2,1-4H3,(H,28,29)(H,32,33)(H,36,37)/t17-,18+,20+,21+,22-,23-,26+/m0/s1. The first-order chi connectivity index (χ1) is 17.8. The van der Waals surface area contributed by atoms with E-state index in [2.05, 4.69) is 5.32 Å². The Morgan fingerprint density at radius 2 is 1.45 bits per heavy atom. The smallest absolute Gasteiger partial charge is 0.307 e. The summed E-state index contributed by atoms with van der Waals surface area (Å²) >= 11 is 0. The Balaban J connectivity index is 4.58. The molecule has 1 amide bonds. The number of hydrogen-bond donors (Lipinski definition) is 6. The maximum atomic E-state index is 12.4. The second-order valence-corrected chi connectivity index (χ2v) is 10.6. The fourth-order valence-corrected chi connectivity index (χ4v) is 4.26. The van der Waals surface area contributed by atoms with Crippen LogP contribution in [0, 0.1) is 17.8 Å². The molecule has 0 aliphatic heterocycles. The zero-order valence-electron chi connectivity index (χ0n) is 23.3. The van der Waals surface area contributed by atoms with E-state index < -0.39 is 61.1 Å². The van der Waals surface area contributed by atoms with Gasteiger partial charge in [-0.15, -0.1) is 0 Å². The van der Waals surface area contributed by atoms with Gasteiger partial charge in [0.05, 0.1) is 37.1 Å². The van der Waals surface area contributed by atoms with E-state index in [1.807, 2.05) is 20.8 Å². The van der Waals surface area contributed by atoms with E-state index >= 15 is 0 Å². The van der Waals surface area contributed by atoms with Crippen molar-refractivity contribution in [1.29, 1.82) is 0 Å². The number of aliphatic hydroxyl groups excluding tert-OH is 3. The van der Waals surface area contributed by atoms with Crippen molar-refractivity contribution < 1.29 is 49.4 Å². The molecule has 0 aromatic carbocycles. The van der Waals surface area contributed by atoms with E-state index in [9.17, 15) is 39.6 Å². The highest BCUT2D eigenvalue weighted by molar-refractivity contribution is 5.82. The minimum Gasteiger partial charge on any atom is -0.481 e. The van der Waals surface area contributed by atoms with Crippen LogP contribution in [0.5, 0.6) is 0 Å². The minimum atomic E-state index is -1.39. The molecule has 11 nitrogen and oxygen atoms in total. The lowest BCUT2D eigenvalue weighted by molar-refractivity contribution is -0.163. The molecule has 0 aliphatic rings. The van der Waals surface area contributed by atoms with Crippen molar-refractivity contribution in [1.82, 2.24) is 5.32 Å². The third kappa shape index (κ3) is 17.3. The Bertz CT molecular complexity index is 716. The third-order valence-electron chi connectivity index (χ3n) is 6.82. The van der Waals surface area contributed by atoms with E-state index in [-0.39, 0.29) is 30.7 Å². The zero-order valence-corrected chi connectivity index (χ0v) is 23.3. The molecule has 0 aromatic heterocycles. The number of nitrogens with one attached hydrogen (secondary N) is 1. The minimum absolute atomic E-state index is 0.120. The Hall–Kier alpha value is -2.24. The van der Waals surface area contributed by atoms with Crippen LogP contribution in [0.15, 0.2) is 0 Å². The van der Waals surface area contributed by atoms with E-state index in [0.29, 0.717) is 19.3 Å². The molecule has 7 atom stereocenters. The monoisotopic (exact) mass is 547 g/mol. The number of carboxylic acid groups (broad SMARTS) is 2. The Morgan fingerprint density at radius 1 is 0.842 bits per heavy atom. The first kappa shape index (κ1) is 35.8. The van der Waals surface area contributed by atoms with Crippen LogP contribution < -0.4 is 5.32 Å². The summed E-state index contributed by atoms with van der Waals surface area (Å²) in [5, 5.41) is 51.2. The topological polar surface area (TPSA) is 191 Å².